The SMILES string of the molecule is OCc1ccc2ccn(CCCc3ccccc3)c2c1. The summed E-state index contributed by atoms with van der Waals surface area (Å²) < 4.78 is 2.28. The third kappa shape index (κ3) is 2.75. The second kappa shape index (κ2) is 5.93. The Morgan fingerprint density at radius 3 is 2.55 bits per heavy atom. The molecular formula is C18H19NO. The van der Waals surface area contributed by atoms with Crippen molar-refractivity contribution in [1.29, 1.82) is 0 Å². The Kier molecular flexibility index (Phi) is 3.84. The van der Waals surface area contributed by atoms with Crippen molar-refractivity contribution < 1.29 is 5.11 Å². The molecule has 0 bridgehead atoms. The molecule has 102 valence electrons. The van der Waals surface area contributed by atoms with Crippen LogP contribution >= 0.6 is 0 Å². The van der Waals surface area contributed by atoms with Gasteiger partial charge in [0.25, 0.3) is 0 Å². The largest absolute Gasteiger partial charge is 0.392 e. The van der Waals surface area contributed by atoms with Crippen molar-refractivity contribution in [3.05, 3.63) is 71.9 Å². The fraction of sp³-hybridized carbons (Fsp3) is 0.222. The molecule has 2 nitrogen and oxygen atoms in total. The zero-order valence-corrected chi connectivity index (χ0v) is 11.5. The average molecular weight is 265 g/mol. The molecule has 2 aromatic carbocycles. The van der Waals surface area contributed by atoms with Crippen LogP contribution in [0.5, 0.6) is 0 Å². The van der Waals surface area contributed by atoms with E-state index in [0.29, 0.717) is 0 Å². The number of aliphatic hydroxyl groups excluding tert-OH is 1. The second-order valence-corrected chi connectivity index (χ2v) is 5.15. The molecule has 0 spiro atoms. The highest BCUT2D eigenvalue weighted by Gasteiger charge is 2.02. The van der Waals surface area contributed by atoms with Gasteiger partial charge in [-0.1, -0.05) is 42.5 Å². The predicted molar refractivity (Wildman–Crippen MR) is 82.6 cm³/mol. The number of aliphatic hydroxyl groups is 1. The molecule has 1 heterocycles. The number of benzene rings is 2. The second-order valence-electron chi connectivity index (χ2n) is 5.15. The van der Waals surface area contributed by atoms with Gasteiger partial charge in [0.2, 0.25) is 0 Å². The maximum Gasteiger partial charge on any atom is 0.0682 e. The summed E-state index contributed by atoms with van der Waals surface area (Å²) in [6, 6.07) is 18.9. The number of hydrogen-bond donors (Lipinski definition) is 1. The van der Waals surface area contributed by atoms with E-state index in [2.05, 4.69) is 59.3 Å². The number of nitrogens with zero attached hydrogens (tertiary/aromatic N) is 1. The molecule has 20 heavy (non-hydrogen) atoms. The highest BCUT2D eigenvalue weighted by Crippen LogP contribution is 2.18. The molecule has 3 rings (SSSR count). The maximum absolute atomic E-state index is 9.24. The molecular weight excluding hydrogens is 246 g/mol. The summed E-state index contributed by atoms with van der Waals surface area (Å²) in [5, 5.41) is 10.5. The van der Waals surface area contributed by atoms with Crippen LogP contribution in [0.2, 0.25) is 0 Å². The smallest absolute Gasteiger partial charge is 0.0682 e. The van der Waals surface area contributed by atoms with Crippen LogP contribution < -0.4 is 0 Å². The maximum atomic E-state index is 9.24. The predicted octanol–water partition coefficient (Wildman–Crippen LogP) is 3.77. The summed E-state index contributed by atoms with van der Waals surface area (Å²) in [6.45, 7) is 1.11. The molecule has 1 aromatic heterocycles. The summed E-state index contributed by atoms with van der Waals surface area (Å²) in [7, 11) is 0. The molecule has 0 atom stereocenters. The lowest BCUT2D eigenvalue weighted by molar-refractivity contribution is 0.282. The Labute approximate surface area is 119 Å². The molecule has 0 fully saturated rings. The average Bonchev–Trinajstić information content (AvgIpc) is 2.91. The normalized spacial score (nSPS) is 11.1. The van der Waals surface area contributed by atoms with Gasteiger partial charge in [-0.15, -0.1) is 0 Å². The topological polar surface area (TPSA) is 25.2 Å². The van der Waals surface area contributed by atoms with E-state index < -0.39 is 0 Å². The molecule has 2 heteroatoms. The van der Waals surface area contributed by atoms with Gasteiger partial charge >= 0.3 is 0 Å². The summed E-state index contributed by atoms with van der Waals surface area (Å²) in [5.41, 5.74) is 3.57. The molecule has 0 saturated carbocycles. The molecule has 0 amide bonds. The van der Waals surface area contributed by atoms with Gasteiger partial charge in [-0.3, -0.25) is 0 Å². The van der Waals surface area contributed by atoms with Gasteiger partial charge in [0.1, 0.15) is 0 Å². The van der Waals surface area contributed by atoms with Gasteiger partial charge in [-0.05, 0) is 41.5 Å². The third-order valence-electron chi connectivity index (χ3n) is 3.73. The van der Waals surface area contributed by atoms with Crippen LogP contribution in [0.25, 0.3) is 10.9 Å². The first-order valence-electron chi connectivity index (χ1n) is 7.09. The van der Waals surface area contributed by atoms with E-state index in [4.69, 9.17) is 0 Å². The first kappa shape index (κ1) is 12.9. The van der Waals surface area contributed by atoms with Crippen molar-refractivity contribution in [3.63, 3.8) is 0 Å². The highest BCUT2D eigenvalue weighted by atomic mass is 16.3. The lowest BCUT2D eigenvalue weighted by Gasteiger charge is -2.06. The molecule has 0 aliphatic rings. The minimum atomic E-state index is 0.102. The van der Waals surface area contributed by atoms with Gasteiger partial charge in [0.05, 0.1) is 6.61 Å². The van der Waals surface area contributed by atoms with Gasteiger partial charge < -0.3 is 9.67 Å². The number of hydrogen-bond acceptors (Lipinski definition) is 1. The van der Waals surface area contributed by atoms with E-state index in [1.807, 2.05) is 6.07 Å². The highest BCUT2D eigenvalue weighted by molar-refractivity contribution is 5.80. The number of aryl methyl sites for hydroxylation is 2. The fourth-order valence-electron chi connectivity index (χ4n) is 2.62. The summed E-state index contributed by atoms with van der Waals surface area (Å²) in [6.07, 6.45) is 4.36. The van der Waals surface area contributed by atoms with Gasteiger partial charge in [-0.2, -0.15) is 0 Å². The van der Waals surface area contributed by atoms with E-state index in [0.717, 1.165) is 24.9 Å². The Balaban J connectivity index is 1.71. The summed E-state index contributed by atoms with van der Waals surface area (Å²) in [4.78, 5) is 0. The Morgan fingerprint density at radius 2 is 1.75 bits per heavy atom. The molecule has 0 radical (unpaired) electrons. The van der Waals surface area contributed by atoms with Crippen LogP contribution in [0.3, 0.4) is 0 Å². The molecule has 0 unspecified atom stereocenters. The standard InChI is InChI=1S/C18H19NO/c20-14-16-8-9-17-10-12-19(18(17)13-16)11-4-7-15-5-2-1-3-6-15/h1-3,5-6,8-10,12-13,20H,4,7,11,14H2. The Bertz CT molecular complexity index is 685. The fourth-order valence-corrected chi connectivity index (χ4v) is 2.62. The zero-order chi connectivity index (χ0) is 13.8. The van der Waals surface area contributed by atoms with E-state index in [1.54, 1.807) is 0 Å². The van der Waals surface area contributed by atoms with Crippen molar-refractivity contribution in [2.75, 3.05) is 0 Å². The first-order valence-corrected chi connectivity index (χ1v) is 7.09. The van der Waals surface area contributed by atoms with Crippen molar-refractivity contribution in [2.24, 2.45) is 0 Å². The van der Waals surface area contributed by atoms with Crippen LogP contribution in [0.1, 0.15) is 17.5 Å². The van der Waals surface area contributed by atoms with Crippen LogP contribution in [-0.2, 0) is 19.6 Å². The van der Waals surface area contributed by atoms with Gasteiger partial charge in [0.15, 0.2) is 0 Å². The molecule has 3 aromatic rings. The van der Waals surface area contributed by atoms with E-state index in [9.17, 15) is 5.11 Å². The van der Waals surface area contributed by atoms with E-state index in [1.165, 1.54) is 16.5 Å². The van der Waals surface area contributed by atoms with E-state index >= 15 is 0 Å². The molecule has 0 aliphatic heterocycles. The monoisotopic (exact) mass is 265 g/mol. The van der Waals surface area contributed by atoms with Crippen molar-refractivity contribution in [3.8, 4) is 0 Å². The van der Waals surface area contributed by atoms with Crippen molar-refractivity contribution >= 4 is 10.9 Å². The lowest BCUT2D eigenvalue weighted by Crippen LogP contribution is -1.98. The van der Waals surface area contributed by atoms with Gasteiger partial charge in [-0.25, -0.2) is 0 Å². The zero-order valence-electron chi connectivity index (χ0n) is 11.5. The third-order valence-corrected chi connectivity index (χ3v) is 3.73. The molecule has 0 aliphatic carbocycles. The van der Waals surface area contributed by atoms with Crippen LogP contribution in [-0.4, -0.2) is 9.67 Å². The summed E-state index contributed by atoms with van der Waals surface area (Å²) in [5.74, 6) is 0. The quantitative estimate of drug-likeness (QED) is 0.746. The van der Waals surface area contributed by atoms with Gasteiger partial charge in [0, 0.05) is 18.3 Å². The first-order chi connectivity index (χ1) is 9.86. The van der Waals surface area contributed by atoms with Crippen LogP contribution in [0.4, 0.5) is 0 Å². The Hall–Kier alpha value is -2.06. The summed E-state index contributed by atoms with van der Waals surface area (Å²) >= 11 is 0. The van der Waals surface area contributed by atoms with E-state index in [-0.39, 0.29) is 6.61 Å². The molecule has 1 N–H and O–H groups in total. The van der Waals surface area contributed by atoms with Crippen molar-refractivity contribution in [1.82, 2.24) is 4.57 Å². The minimum absolute atomic E-state index is 0.102. The number of fused-ring (bicyclic) bond motifs is 1. The minimum Gasteiger partial charge on any atom is -0.392 e. The number of rotatable bonds is 5. The number of aromatic nitrogens is 1. The molecule has 0 saturated heterocycles. The van der Waals surface area contributed by atoms with Crippen LogP contribution in [0.15, 0.2) is 60.8 Å². The van der Waals surface area contributed by atoms with Crippen molar-refractivity contribution in [2.45, 2.75) is 26.0 Å². The van der Waals surface area contributed by atoms with Crippen LogP contribution in [0, 0.1) is 0 Å². The lowest BCUT2D eigenvalue weighted by atomic mass is 10.1. The Morgan fingerprint density at radius 1 is 0.900 bits per heavy atom.